The van der Waals surface area contributed by atoms with Crippen molar-refractivity contribution in [3.05, 3.63) is 36.5 Å². The van der Waals surface area contributed by atoms with Gasteiger partial charge in [-0.2, -0.15) is 0 Å². The Balaban J connectivity index is 3.48. The van der Waals surface area contributed by atoms with Gasteiger partial charge in [-0.3, -0.25) is 4.79 Å². The summed E-state index contributed by atoms with van der Waals surface area (Å²) >= 11 is 0. The Hall–Kier alpha value is -1.39. The van der Waals surface area contributed by atoms with E-state index in [4.69, 9.17) is 0 Å². The van der Waals surface area contributed by atoms with Crippen LogP contribution in [-0.2, 0) is 4.79 Å². The average Bonchev–Trinajstić information content (AvgIpc) is 3.18. The van der Waals surface area contributed by atoms with Gasteiger partial charge in [-0.1, -0.05) is 243 Å². The molecular formula is C50H95NO3. The summed E-state index contributed by atoms with van der Waals surface area (Å²) in [5.74, 6) is -0.0748. The zero-order chi connectivity index (χ0) is 39.3. The molecule has 0 heterocycles. The van der Waals surface area contributed by atoms with Crippen LogP contribution in [-0.4, -0.2) is 34.9 Å². The SMILES string of the molecule is CCCCCC/C=C/CC/C=C/CC/C=C/C(O)C(CO)NC(=O)CCCCCCCCCCCCCCCCCCCCCCCCCCCCCC. The first kappa shape index (κ1) is 52.6. The monoisotopic (exact) mass is 758 g/mol. The molecule has 2 unspecified atom stereocenters. The summed E-state index contributed by atoms with van der Waals surface area (Å²) in [4.78, 5) is 12.4. The number of nitrogens with one attached hydrogen (secondary N) is 1. The van der Waals surface area contributed by atoms with Gasteiger partial charge in [-0.25, -0.2) is 0 Å². The van der Waals surface area contributed by atoms with Gasteiger partial charge in [0.05, 0.1) is 18.8 Å². The molecule has 0 aliphatic rings. The van der Waals surface area contributed by atoms with Crippen molar-refractivity contribution in [3.8, 4) is 0 Å². The van der Waals surface area contributed by atoms with E-state index in [2.05, 4.69) is 43.5 Å². The lowest BCUT2D eigenvalue weighted by Crippen LogP contribution is -2.45. The quantitative estimate of drug-likeness (QED) is 0.0428. The van der Waals surface area contributed by atoms with Crippen molar-refractivity contribution in [2.75, 3.05) is 6.61 Å². The van der Waals surface area contributed by atoms with E-state index in [1.807, 2.05) is 6.08 Å². The molecule has 0 aromatic rings. The van der Waals surface area contributed by atoms with E-state index in [-0.39, 0.29) is 12.5 Å². The van der Waals surface area contributed by atoms with Crippen LogP contribution in [0.3, 0.4) is 0 Å². The Bertz CT molecular complexity index is 821. The normalized spacial score (nSPS) is 13.2. The second-order valence-electron chi connectivity index (χ2n) is 16.5. The molecule has 0 aliphatic carbocycles. The van der Waals surface area contributed by atoms with Crippen molar-refractivity contribution >= 4 is 5.91 Å². The average molecular weight is 758 g/mol. The number of hydrogen-bond acceptors (Lipinski definition) is 3. The van der Waals surface area contributed by atoms with E-state index >= 15 is 0 Å². The van der Waals surface area contributed by atoms with Gasteiger partial charge in [0.25, 0.3) is 0 Å². The predicted octanol–water partition coefficient (Wildman–Crippen LogP) is 15.4. The Morgan fingerprint density at radius 2 is 0.722 bits per heavy atom. The van der Waals surface area contributed by atoms with Crippen LogP contribution in [0.2, 0.25) is 0 Å². The summed E-state index contributed by atoms with van der Waals surface area (Å²) in [5, 5.41) is 23.0. The van der Waals surface area contributed by atoms with Gasteiger partial charge in [-0.05, 0) is 44.9 Å². The van der Waals surface area contributed by atoms with E-state index in [1.54, 1.807) is 6.08 Å². The first-order chi connectivity index (χ1) is 26.7. The number of amides is 1. The van der Waals surface area contributed by atoms with Gasteiger partial charge in [0.15, 0.2) is 0 Å². The minimum atomic E-state index is -0.867. The molecule has 2 atom stereocenters. The number of carbonyl (C=O) groups excluding carboxylic acids is 1. The zero-order valence-electron chi connectivity index (χ0n) is 36.5. The molecule has 3 N–H and O–H groups in total. The van der Waals surface area contributed by atoms with Gasteiger partial charge in [0.2, 0.25) is 5.91 Å². The molecule has 0 spiro atoms. The molecule has 0 aromatic carbocycles. The van der Waals surface area contributed by atoms with Gasteiger partial charge in [0, 0.05) is 6.42 Å². The summed E-state index contributed by atoms with van der Waals surface area (Å²) in [6, 6.07) is -0.642. The highest BCUT2D eigenvalue weighted by molar-refractivity contribution is 5.76. The van der Waals surface area contributed by atoms with Crippen LogP contribution in [0.1, 0.15) is 258 Å². The van der Waals surface area contributed by atoms with Crippen LogP contribution in [0.4, 0.5) is 0 Å². The lowest BCUT2D eigenvalue weighted by atomic mass is 10.0. The van der Waals surface area contributed by atoms with E-state index in [0.717, 1.165) is 38.5 Å². The molecule has 4 nitrogen and oxygen atoms in total. The minimum absolute atomic E-state index is 0.0748. The molecule has 4 heteroatoms. The highest BCUT2D eigenvalue weighted by Gasteiger charge is 2.17. The number of aliphatic hydroxyl groups is 2. The van der Waals surface area contributed by atoms with Gasteiger partial charge < -0.3 is 15.5 Å². The maximum atomic E-state index is 12.4. The van der Waals surface area contributed by atoms with Crippen molar-refractivity contribution in [3.63, 3.8) is 0 Å². The second-order valence-corrected chi connectivity index (χ2v) is 16.5. The lowest BCUT2D eigenvalue weighted by Gasteiger charge is -2.19. The molecule has 0 rings (SSSR count). The fourth-order valence-electron chi connectivity index (χ4n) is 7.39. The van der Waals surface area contributed by atoms with Gasteiger partial charge in [0.1, 0.15) is 0 Å². The first-order valence-electron chi connectivity index (χ1n) is 24.2. The molecule has 0 aliphatic heterocycles. The summed E-state index contributed by atoms with van der Waals surface area (Å²) in [6.45, 7) is 4.29. The third-order valence-corrected chi connectivity index (χ3v) is 11.1. The van der Waals surface area contributed by atoms with Crippen LogP contribution < -0.4 is 5.32 Å². The van der Waals surface area contributed by atoms with Crippen LogP contribution >= 0.6 is 0 Å². The summed E-state index contributed by atoms with van der Waals surface area (Å²) in [7, 11) is 0. The molecule has 0 fully saturated rings. The number of allylic oxidation sites excluding steroid dienone is 5. The third-order valence-electron chi connectivity index (χ3n) is 11.1. The highest BCUT2D eigenvalue weighted by Crippen LogP contribution is 2.17. The third kappa shape index (κ3) is 41.8. The smallest absolute Gasteiger partial charge is 0.220 e. The fourth-order valence-corrected chi connectivity index (χ4v) is 7.39. The van der Waals surface area contributed by atoms with E-state index in [9.17, 15) is 15.0 Å². The molecule has 1 amide bonds. The number of aliphatic hydroxyl groups excluding tert-OH is 2. The van der Waals surface area contributed by atoms with Crippen molar-refractivity contribution in [1.82, 2.24) is 5.32 Å². The van der Waals surface area contributed by atoms with E-state index in [1.165, 1.54) is 199 Å². The molecule has 318 valence electrons. The predicted molar refractivity (Wildman–Crippen MR) is 239 cm³/mol. The molecule has 54 heavy (non-hydrogen) atoms. The van der Waals surface area contributed by atoms with Crippen molar-refractivity contribution in [2.45, 2.75) is 270 Å². The molecular weight excluding hydrogens is 663 g/mol. The first-order valence-corrected chi connectivity index (χ1v) is 24.2. The maximum Gasteiger partial charge on any atom is 0.220 e. The van der Waals surface area contributed by atoms with E-state index in [0.29, 0.717) is 6.42 Å². The number of rotatable bonds is 44. The summed E-state index contributed by atoms with van der Waals surface area (Å²) < 4.78 is 0. The molecule has 0 saturated heterocycles. The lowest BCUT2D eigenvalue weighted by molar-refractivity contribution is -0.123. The van der Waals surface area contributed by atoms with Crippen LogP contribution in [0.25, 0.3) is 0 Å². The maximum absolute atomic E-state index is 12.4. The summed E-state index contributed by atoms with van der Waals surface area (Å²) in [6.07, 6.45) is 61.4. The standard InChI is InChI=1S/C50H95NO3/c1-3-5-7-9-11-13-15-17-19-20-21-22-23-24-25-26-27-28-29-30-31-32-34-36-38-40-42-44-46-50(54)51-48(47-52)49(53)45-43-41-39-37-35-33-18-16-14-12-10-8-6-4-2/h14,16,35,37,43,45,48-49,52-53H,3-13,15,17-34,36,38-42,44,46-47H2,1-2H3,(H,51,54)/b16-14+,37-35+,45-43+. The Kier molecular flexibility index (Phi) is 44.8. The van der Waals surface area contributed by atoms with Crippen LogP contribution in [0.15, 0.2) is 36.5 Å². The van der Waals surface area contributed by atoms with E-state index < -0.39 is 12.1 Å². The van der Waals surface area contributed by atoms with Gasteiger partial charge in [-0.15, -0.1) is 0 Å². The Labute approximate surface area is 338 Å². The molecule has 0 bridgehead atoms. The van der Waals surface area contributed by atoms with Crippen molar-refractivity contribution in [2.24, 2.45) is 0 Å². The number of hydrogen-bond donors (Lipinski definition) is 3. The molecule has 0 aromatic heterocycles. The molecule has 0 radical (unpaired) electrons. The van der Waals surface area contributed by atoms with Crippen LogP contribution in [0, 0.1) is 0 Å². The topological polar surface area (TPSA) is 69.6 Å². The number of carbonyl (C=O) groups is 1. The Morgan fingerprint density at radius 3 is 1.07 bits per heavy atom. The van der Waals surface area contributed by atoms with Crippen LogP contribution in [0.5, 0.6) is 0 Å². The molecule has 0 saturated carbocycles. The fraction of sp³-hybridized carbons (Fsp3) is 0.860. The number of unbranched alkanes of at least 4 members (excludes halogenated alkanes) is 33. The van der Waals surface area contributed by atoms with Crippen molar-refractivity contribution in [1.29, 1.82) is 0 Å². The van der Waals surface area contributed by atoms with Gasteiger partial charge >= 0.3 is 0 Å². The summed E-state index contributed by atoms with van der Waals surface area (Å²) in [5.41, 5.74) is 0. The largest absolute Gasteiger partial charge is 0.394 e. The highest BCUT2D eigenvalue weighted by atomic mass is 16.3. The Morgan fingerprint density at radius 1 is 0.426 bits per heavy atom. The minimum Gasteiger partial charge on any atom is -0.394 e. The zero-order valence-corrected chi connectivity index (χ0v) is 36.5. The second kappa shape index (κ2) is 46.0. The van der Waals surface area contributed by atoms with Crippen molar-refractivity contribution < 1.29 is 15.0 Å².